The number of rotatable bonds is 7. The molecule has 0 saturated heterocycles. The van der Waals surface area contributed by atoms with Gasteiger partial charge >= 0.3 is 0 Å². The molecule has 0 unspecified atom stereocenters. The molecule has 108 valence electrons. The molecule has 2 rings (SSSR count). The van der Waals surface area contributed by atoms with E-state index >= 15 is 0 Å². The second-order valence-corrected chi connectivity index (χ2v) is 4.94. The van der Waals surface area contributed by atoms with Crippen molar-refractivity contribution in [2.45, 2.75) is 19.9 Å². The molecule has 1 N–H and O–H groups in total. The van der Waals surface area contributed by atoms with E-state index in [4.69, 9.17) is 21.1 Å². The Kier molecular flexibility index (Phi) is 5.52. The normalized spacial score (nSPS) is 11.2. The van der Waals surface area contributed by atoms with Gasteiger partial charge in [0.15, 0.2) is 0 Å². The summed E-state index contributed by atoms with van der Waals surface area (Å²) in [7, 11) is 0. The molecular formula is C14H18ClN3O2. The summed E-state index contributed by atoms with van der Waals surface area (Å²) in [6, 6.07) is 7.26. The summed E-state index contributed by atoms with van der Waals surface area (Å²) in [5, 5.41) is 17.8. The van der Waals surface area contributed by atoms with E-state index in [0.29, 0.717) is 29.9 Å². The fraction of sp³-hybridized carbons (Fsp3) is 0.429. The predicted octanol–water partition coefficient (Wildman–Crippen LogP) is 2.59. The number of aliphatic hydroxyl groups is 1. The van der Waals surface area contributed by atoms with Crippen molar-refractivity contribution in [1.82, 2.24) is 15.1 Å². The van der Waals surface area contributed by atoms with E-state index in [1.54, 1.807) is 12.1 Å². The first-order chi connectivity index (χ1) is 9.72. The van der Waals surface area contributed by atoms with Gasteiger partial charge in [-0.1, -0.05) is 18.5 Å². The Bertz CT molecular complexity index is 521. The molecule has 6 heteroatoms. The largest absolute Gasteiger partial charge is 0.419 e. The summed E-state index contributed by atoms with van der Waals surface area (Å²) in [5.74, 6) is 1.04. The van der Waals surface area contributed by atoms with Gasteiger partial charge < -0.3 is 9.52 Å². The van der Waals surface area contributed by atoms with Crippen LogP contribution < -0.4 is 0 Å². The smallest absolute Gasteiger partial charge is 0.247 e. The minimum Gasteiger partial charge on any atom is -0.419 e. The first-order valence-corrected chi connectivity index (χ1v) is 7.02. The van der Waals surface area contributed by atoms with Crippen LogP contribution >= 0.6 is 11.6 Å². The van der Waals surface area contributed by atoms with Crippen molar-refractivity contribution in [1.29, 1.82) is 0 Å². The highest BCUT2D eigenvalue weighted by molar-refractivity contribution is 6.30. The van der Waals surface area contributed by atoms with Gasteiger partial charge in [0.05, 0.1) is 13.2 Å². The first-order valence-electron chi connectivity index (χ1n) is 6.64. The monoisotopic (exact) mass is 295 g/mol. The van der Waals surface area contributed by atoms with Gasteiger partial charge in [0.25, 0.3) is 0 Å². The Morgan fingerprint density at radius 2 is 1.95 bits per heavy atom. The van der Waals surface area contributed by atoms with E-state index in [-0.39, 0.29) is 6.61 Å². The molecule has 1 aromatic heterocycles. The Morgan fingerprint density at radius 1 is 1.20 bits per heavy atom. The Balaban J connectivity index is 2.06. The average molecular weight is 296 g/mol. The molecule has 0 atom stereocenters. The SMILES string of the molecule is CCCN(CCO)Cc1nnc(-c2ccc(Cl)cc2)o1. The van der Waals surface area contributed by atoms with Crippen LogP contribution in [0.2, 0.25) is 5.02 Å². The van der Waals surface area contributed by atoms with Crippen molar-refractivity contribution < 1.29 is 9.52 Å². The third kappa shape index (κ3) is 4.03. The zero-order chi connectivity index (χ0) is 14.4. The van der Waals surface area contributed by atoms with Crippen LogP contribution in [0.1, 0.15) is 19.2 Å². The van der Waals surface area contributed by atoms with Crippen LogP contribution in [0, 0.1) is 0 Å². The molecule has 1 aromatic carbocycles. The number of halogens is 1. The van der Waals surface area contributed by atoms with E-state index in [9.17, 15) is 0 Å². The Morgan fingerprint density at radius 3 is 2.60 bits per heavy atom. The predicted molar refractivity (Wildman–Crippen MR) is 77.4 cm³/mol. The van der Waals surface area contributed by atoms with Crippen molar-refractivity contribution in [2.24, 2.45) is 0 Å². The summed E-state index contributed by atoms with van der Waals surface area (Å²) in [5.41, 5.74) is 0.845. The van der Waals surface area contributed by atoms with Crippen LogP contribution in [0.25, 0.3) is 11.5 Å². The van der Waals surface area contributed by atoms with Crippen LogP contribution in [-0.2, 0) is 6.54 Å². The zero-order valence-corrected chi connectivity index (χ0v) is 12.2. The number of hydrogen-bond acceptors (Lipinski definition) is 5. The summed E-state index contributed by atoms with van der Waals surface area (Å²) in [4.78, 5) is 2.08. The first kappa shape index (κ1) is 15.0. The quantitative estimate of drug-likeness (QED) is 0.850. The van der Waals surface area contributed by atoms with Crippen molar-refractivity contribution >= 4 is 11.6 Å². The molecule has 0 saturated carbocycles. The molecule has 0 aliphatic heterocycles. The molecule has 2 aromatic rings. The standard InChI is InChI=1S/C14H18ClN3O2/c1-2-7-18(8-9-19)10-13-16-17-14(20-13)11-3-5-12(15)6-4-11/h3-6,19H,2,7-10H2,1H3. The highest BCUT2D eigenvalue weighted by Crippen LogP contribution is 2.20. The molecule has 1 heterocycles. The fourth-order valence-electron chi connectivity index (χ4n) is 1.95. The maximum absolute atomic E-state index is 9.03. The number of nitrogens with zero attached hydrogens (tertiary/aromatic N) is 3. The molecule has 0 radical (unpaired) electrons. The second kappa shape index (κ2) is 7.38. The van der Waals surface area contributed by atoms with Crippen molar-refractivity contribution in [3.05, 3.63) is 35.2 Å². The van der Waals surface area contributed by atoms with Gasteiger partial charge in [-0.2, -0.15) is 0 Å². The molecule has 0 spiro atoms. The molecule has 5 nitrogen and oxygen atoms in total. The minimum absolute atomic E-state index is 0.123. The van der Waals surface area contributed by atoms with Crippen LogP contribution in [0.4, 0.5) is 0 Å². The second-order valence-electron chi connectivity index (χ2n) is 4.51. The fourth-order valence-corrected chi connectivity index (χ4v) is 2.07. The van der Waals surface area contributed by atoms with E-state index < -0.39 is 0 Å². The maximum atomic E-state index is 9.03. The minimum atomic E-state index is 0.123. The molecule has 0 fully saturated rings. The summed E-state index contributed by atoms with van der Waals surface area (Å²) in [6.45, 7) is 4.26. The van der Waals surface area contributed by atoms with Crippen LogP contribution in [0.15, 0.2) is 28.7 Å². The molecule has 0 bridgehead atoms. The summed E-state index contributed by atoms with van der Waals surface area (Å²) >= 11 is 5.85. The van der Waals surface area contributed by atoms with Crippen molar-refractivity contribution in [3.63, 3.8) is 0 Å². The van der Waals surface area contributed by atoms with E-state index in [1.807, 2.05) is 12.1 Å². The Hall–Kier alpha value is -1.43. The number of hydrogen-bond donors (Lipinski definition) is 1. The lowest BCUT2D eigenvalue weighted by molar-refractivity contribution is 0.179. The lowest BCUT2D eigenvalue weighted by Gasteiger charge is -2.17. The van der Waals surface area contributed by atoms with Gasteiger partial charge in [-0.3, -0.25) is 4.90 Å². The lowest BCUT2D eigenvalue weighted by atomic mass is 10.2. The van der Waals surface area contributed by atoms with Gasteiger partial charge in [-0.25, -0.2) is 0 Å². The van der Waals surface area contributed by atoms with Gasteiger partial charge in [0, 0.05) is 17.1 Å². The van der Waals surface area contributed by atoms with Gasteiger partial charge in [-0.15, -0.1) is 10.2 Å². The van der Waals surface area contributed by atoms with E-state index in [2.05, 4.69) is 22.0 Å². The average Bonchev–Trinajstić information content (AvgIpc) is 2.89. The van der Waals surface area contributed by atoms with Gasteiger partial charge in [-0.05, 0) is 37.2 Å². The summed E-state index contributed by atoms with van der Waals surface area (Å²) in [6.07, 6.45) is 1.01. The third-order valence-corrected chi connectivity index (χ3v) is 3.12. The number of aliphatic hydroxyl groups excluding tert-OH is 1. The number of benzene rings is 1. The van der Waals surface area contributed by atoms with Crippen LogP contribution in [-0.4, -0.2) is 39.9 Å². The molecule has 0 aliphatic rings. The van der Waals surface area contributed by atoms with Crippen LogP contribution in [0.5, 0.6) is 0 Å². The molecule has 0 aliphatic carbocycles. The van der Waals surface area contributed by atoms with Crippen molar-refractivity contribution in [3.8, 4) is 11.5 Å². The van der Waals surface area contributed by atoms with Gasteiger partial charge in [0.1, 0.15) is 0 Å². The topological polar surface area (TPSA) is 62.4 Å². The lowest BCUT2D eigenvalue weighted by Crippen LogP contribution is -2.27. The third-order valence-electron chi connectivity index (χ3n) is 2.87. The zero-order valence-electron chi connectivity index (χ0n) is 11.4. The highest BCUT2D eigenvalue weighted by atomic mass is 35.5. The molecule has 20 heavy (non-hydrogen) atoms. The Labute approximate surface area is 123 Å². The maximum Gasteiger partial charge on any atom is 0.247 e. The van der Waals surface area contributed by atoms with Crippen molar-refractivity contribution in [2.75, 3.05) is 19.7 Å². The van der Waals surface area contributed by atoms with Crippen LogP contribution in [0.3, 0.4) is 0 Å². The van der Waals surface area contributed by atoms with Gasteiger partial charge in [0.2, 0.25) is 11.8 Å². The highest BCUT2D eigenvalue weighted by Gasteiger charge is 2.12. The number of aromatic nitrogens is 2. The molecular weight excluding hydrogens is 278 g/mol. The molecule has 0 amide bonds. The van der Waals surface area contributed by atoms with E-state index in [1.165, 1.54) is 0 Å². The summed E-state index contributed by atoms with van der Waals surface area (Å²) < 4.78 is 5.64. The van der Waals surface area contributed by atoms with E-state index in [0.717, 1.165) is 18.5 Å².